The van der Waals surface area contributed by atoms with Crippen LogP contribution in [0.1, 0.15) is 36.1 Å². The molecule has 2 nitrogen and oxygen atoms in total. The third-order valence-corrected chi connectivity index (χ3v) is 3.75. The molecule has 0 bridgehead atoms. The molecule has 0 saturated carbocycles. The van der Waals surface area contributed by atoms with Crippen LogP contribution in [0.15, 0.2) is 48.5 Å². The summed E-state index contributed by atoms with van der Waals surface area (Å²) in [7, 11) is 0. The molecule has 0 radical (unpaired) electrons. The molecule has 0 fully saturated rings. The van der Waals surface area contributed by atoms with E-state index in [2.05, 4.69) is 45.0 Å². The first-order valence-corrected chi connectivity index (χ1v) is 7.16. The topological polar surface area (TPSA) is 35.2 Å². The van der Waals surface area contributed by atoms with Crippen LogP contribution in [0.3, 0.4) is 0 Å². The number of ether oxygens (including phenoxy) is 1. The molecular formula is C18H23NO. The van der Waals surface area contributed by atoms with Crippen molar-refractivity contribution in [1.29, 1.82) is 0 Å². The third kappa shape index (κ3) is 3.40. The minimum absolute atomic E-state index is 0.0143. The normalized spacial score (nSPS) is 13.8. The summed E-state index contributed by atoms with van der Waals surface area (Å²) >= 11 is 0. The van der Waals surface area contributed by atoms with Crippen LogP contribution in [0, 0.1) is 13.8 Å². The summed E-state index contributed by atoms with van der Waals surface area (Å²) in [6.45, 7) is 6.31. The van der Waals surface area contributed by atoms with E-state index in [1.807, 2.05) is 24.3 Å². The molecular weight excluding hydrogens is 246 g/mol. The lowest BCUT2D eigenvalue weighted by atomic mass is 10.0. The second-order valence-corrected chi connectivity index (χ2v) is 5.25. The van der Waals surface area contributed by atoms with Crippen molar-refractivity contribution >= 4 is 0 Å². The summed E-state index contributed by atoms with van der Waals surface area (Å²) in [6, 6.07) is 16.2. The van der Waals surface area contributed by atoms with Crippen LogP contribution in [-0.4, -0.2) is 6.10 Å². The summed E-state index contributed by atoms with van der Waals surface area (Å²) in [5.41, 5.74) is 9.97. The minimum Gasteiger partial charge on any atom is -0.488 e. The van der Waals surface area contributed by atoms with Crippen molar-refractivity contribution in [1.82, 2.24) is 0 Å². The average molecular weight is 269 g/mol. The van der Waals surface area contributed by atoms with Gasteiger partial charge in [0.05, 0.1) is 6.04 Å². The first-order valence-electron chi connectivity index (χ1n) is 7.16. The Balaban J connectivity index is 2.14. The highest BCUT2D eigenvalue weighted by molar-refractivity contribution is 5.34. The van der Waals surface area contributed by atoms with E-state index in [-0.39, 0.29) is 12.1 Å². The lowest BCUT2D eigenvalue weighted by Gasteiger charge is -2.24. The van der Waals surface area contributed by atoms with Crippen molar-refractivity contribution in [2.75, 3.05) is 0 Å². The molecule has 2 atom stereocenters. The Kier molecular flexibility index (Phi) is 4.80. The Morgan fingerprint density at radius 2 is 1.70 bits per heavy atom. The fraction of sp³-hybridized carbons (Fsp3) is 0.333. The molecule has 2 aromatic rings. The molecule has 2 aromatic carbocycles. The van der Waals surface area contributed by atoms with E-state index < -0.39 is 0 Å². The third-order valence-electron chi connectivity index (χ3n) is 3.75. The van der Waals surface area contributed by atoms with Crippen molar-refractivity contribution in [2.45, 2.75) is 39.3 Å². The Bertz CT molecular complexity index is 551. The van der Waals surface area contributed by atoms with Crippen LogP contribution < -0.4 is 10.5 Å². The van der Waals surface area contributed by atoms with Gasteiger partial charge in [-0.15, -0.1) is 0 Å². The van der Waals surface area contributed by atoms with Gasteiger partial charge in [-0.05, 0) is 49.1 Å². The van der Waals surface area contributed by atoms with Gasteiger partial charge >= 0.3 is 0 Å². The van der Waals surface area contributed by atoms with Gasteiger partial charge in [-0.25, -0.2) is 0 Å². The van der Waals surface area contributed by atoms with E-state index in [1.54, 1.807) is 0 Å². The van der Waals surface area contributed by atoms with Crippen LogP contribution in [-0.2, 0) is 0 Å². The number of hydrogen-bond donors (Lipinski definition) is 1. The summed E-state index contributed by atoms with van der Waals surface area (Å²) < 4.78 is 6.09. The van der Waals surface area contributed by atoms with Gasteiger partial charge in [0.25, 0.3) is 0 Å². The van der Waals surface area contributed by atoms with Crippen molar-refractivity contribution in [2.24, 2.45) is 5.73 Å². The molecule has 0 saturated heterocycles. The zero-order chi connectivity index (χ0) is 14.5. The van der Waals surface area contributed by atoms with Crippen LogP contribution in [0.4, 0.5) is 0 Å². The van der Waals surface area contributed by atoms with Gasteiger partial charge in [-0.3, -0.25) is 0 Å². The Morgan fingerprint density at radius 3 is 2.30 bits per heavy atom. The number of rotatable bonds is 5. The zero-order valence-electron chi connectivity index (χ0n) is 12.5. The highest BCUT2D eigenvalue weighted by atomic mass is 16.5. The Hall–Kier alpha value is -1.80. The fourth-order valence-corrected chi connectivity index (χ4v) is 2.26. The molecule has 0 aliphatic heterocycles. The highest BCUT2D eigenvalue weighted by Crippen LogP contribution is 2.24. The summed E-state index contributed by atoms with van der Waals surface area (Å²) in [5.74, 6) is 0.895. The van der Waals surface area contributed by atoms with E-state index in [4.69, 9.17) is 10.5 Å². The zero-order valence-corrected chi connectivity index (χ0v) is 12.5. The molecule has 106 valence electrons. The number of aryl methyl sites for hydroxylation is 2. The second kappa shape index (κ2) is 6.58. The molecule has 2 rings (SSSR count). The molecule has 20 heavy (non-hydrogen) atoms. The van der Waals surface area contributed by atoms with E-state index in [9.17, 15) is 0 Å². The standard InChI is InChI=1S/C18H23NO/c1-4-17(18(19)15-8-6-5-7-9-15)20-16-11-10-13(2)14(3)12-16/h5-12,17-18H,4,19H2,1-3H3. The van der Waals surface area contributed by atoms with Gasteiger partial charge in [0.15, 0.2) is 0 Å². The molecule has 0 amide bonds. The maximum absolute atomic E-state index is 6.34. The number of benzene rings is 2. The van der Waals surface area contributed by atoms with Crippen molar-refractivity contribution in [3.63, 3.8) is 0 Å². The first kappa shape index (κ1) is 14.6. The number of nitrogens with two attached hydrogens (primary N) is 1. The lowest BCUT2D eigenvalue weighted by Crippen LogP contribution is -2.30. The van der Waals surface area contributed by atoms with E-state index in [0.717, 1.165) is 17.7 Å². The van der Waals surface area contributed by atoms with Gasteiger partial charge < -0.3 is 10.5 Å². The largest absolute Gasteiger partial charge is 0.488 e. The van der Waals surface area contributed by atoms with Gasteiger partial charge in [-0.2, -0.15) is 0 Å². The maximum atomic E-state index is 6.34. The SMILES string of the molecule is CCC(Oc1ccc(C)c(C)c1)C(N)c1ccccc1. The molecule has 2 heteroatoms. The van der Waals surface area contributed by atoms with Crippen molar-refractivity contribution < 1.29 is 4.74 Å². The molecule has 0 heterocycles. The average Bonchev–Trinajstić information content (AvgIpc) is 2.48. The maximum Gasteiger partial charge on any atom is 0.120 e. The van der Waals surface area contributed by atoms with E-state index in [1.165, 1.54) is 11.1 Å². The summed E-state index contributed by atoms with van der Waals surface area (Å²) in [4.78, 5) is 0. The van der Waals surface area contributed by atoms with Crippen LogP contribution in [0.25, 0.3) is 0 Å². The molecule has 0 aliphatic rings. The van der Waals surface area contributed by atoms with Gasteiger partial charge in [0.1, 0.15) is 11.9 Å². The smallest absolute Gasteiger partial charge is 0.120 e. The van der Waals surface area contributed by atoms with Crippen LogP contribution >= 0.6 is 0 Å². The quantitative estimate of drug-likeness (QED) is 0.884. The summed E-state index contributed by atoms with van der Waals surface area (Å²) in [6.07, 6.45) is 0.864. The monoisotopic (exact) mass is 269 g/mol. The minimum atomic E-state index is -0.109. The van der Waals surface area contributed by atoms with Crippen LogP contribution in [0.2, 0.25) is 0 Å². The van der Waals surface area contributed by atoms with E-state index >= 15 is 0 Å². The summed E-state index contributed by atoms with van der Waals surface area (Å²) in [5, 5.41) is 0. The Morgan fingerprint density at radius 1 is 1.00 bits per heavy atom. The Labute approximate surface area is 121 Å². The van der Waals surface area contributed by atoms with Gasteiger partial charge in [0, 0.05) is 0 Å². The highest BCUT2D eigenvalue weighted by Gasteiger charge is 2.19. The van der Waals surface area contributed by atoms with Crippen LogP contribution in [0.5, 0.6) is 5.75 Å². The van der Waals surface area contributed by atoms with Gasteiger partial charge in [-0.1, -0.05) is 43.3 Å². The van der Waals surface area contributed by atoms with E-state index in [0.29, 0.717) is 0 Å². The fourth-order valence-electron chi connectivity index (χ4n) is 2.26. The predicted octanol–water partition coefficient (Wildman–Crippen LogP) is 4.16. The van der Waals surface area contributed by atoms with Crippen molar-refractivity contribution in [3.8, 4) is 5.75 Å². The van der Waals surface area contributed by atoms with Crippen molar-refractivity contribution in [3.05, 3.63) is 65.2 Å². The molecule has 0 aromatic heterocycles. The second-order valence-electron chi connectivity index (χ2n) is 5.25. The molecule has 0 aliphatic carbocycles. The molecule has 2 unspecified atom stereocenters. The number of hydrogen-bond acceptors (Lipinski definition) is 2. The first-order chi connectivity index (χ1) is 9.61. The lowest BCUT2D eigenvalue weighted by molar-refractivity contribution is 0.166. The molecule has 0 spiro atoms. The molecule has 2 N–H and O–H groups in total. The predicted molar refractivity (Wildman–Crippen MR) is 84.0 cm³/mol. The van der Waals surface area contributed by atoms with Gasteiger partial charge in [0.2, 0.25) is 0 Å².